The highest BCUT2D eigenvalue weighted by Gasteiger charge is 2.64. The summed E-state index contributed by atoms with van der Waals surface area (Å²) >= 11 is 0. The van der Waals surface area contributed by atoms with E-state index in [2.05, 4.69) is 6.58 Å². The Morgan fingerprint density at radius 1 is 0.739 bits per heavy atom. The first-order valence-electron chi connectivity index (χ1n) is 15.1. The molecular weight excluding hydrogens is 588 g/mol. The Morgan fingerprint density at radius 2 is 1.35 bits per heavy atom. The molecular formula is C37H36O9. The van der Waals surface area contributed by atoms with Crippen LogP contribution in [-0.2, 0) is 39.7 Å². The summed E-state index contributed by atoms with van der Waals surface area (Å²) in [6.07, 6.45) is 1.45. The summed E-state index contributed by atoms with van der Waals surface area (Å²) in [5, 5.41) is 1.68. The van der Waals surface area contributed by atoms with Crippen molar-refractivity contribution in [3.8, 4) is 17.2 Å². The molecule has 3 aliphatic rings. The van der Waals surface area contributed by atoms with E-state index in [4.69, 9.17) is 33.2 Å². The lowest BCUT2D eigenvalue weighted by Crippen LogP contribution is -2.58. The van der Waals surface area contributed by atoms with Crippen LogP contribution in [0.25, 0.3) is 10.8 Å². The predicted molar refractivity (Wildman–Crippen MR) is 170 cm³/mol. The lowest BCUT2D eigenvalue weighted by molar-refractivity contribution is -0.173. The largest absolute Gasteiger partial charge is 0.497 e. The first kappa shape index (κ1) is 31.1. The summed E-state index contributed by atoms with van der Waals surface area (Å²) < 4.78 is 41.0. The fourth-order valence-electron chi connectivity index (χ4n) is 6.94. The minimum Gasteiger partial charge on any atom is -0.497 e. The van der Waals surface area contributed by atoms with Gasteiger partial charge in [-0.1, -0.05) is 61.2 Å². The van der Waals surface area contributed by atoms with Crippen molar-refractivity contribution in [2.45, 2.75) is 17.6 Å². The second kappa shape index (κ2) is 12.9. The number of methoxy groups -OCH3 is 3. The number of esters is 2. The number of ether oxygens (including phenoxy) is 7. The highest BCUT2D eigenvalue weighted by molar-refractivity contribution is 5.93. The molecule has 3 aliphatic carbocycles. The molecule has 9 nitrogen and oxygen atoms in total. The van der Waals surface area contributed by atoms with Crippen LogP contribution >= 0.6 is 0 Å². The van der Waals surface area contributed by atoms with Gasteiger partial charge in [0.05, 0.1) is 13.0 Å². The maximum absolute atomic E-state index is 13.9. The Balaban J connectivity index is 1.18. The van der Waals surface area contributed by atoms with Crippen molar-refractivity contribution in [3.05, 3.63) is 114 Å². The van der Waals surface area contributed by atoms with Gasteiger partial charge in [-0.3, -0.25) is 4.79 Å². The Hall–Kier alpha value is -4.86. The minimum atomic E-state index is -1.06. The summed E-state index contributed by atoms with van der Waals surface area (Å²) in [4.78, 5) is 25.2. The van der Waals surface area contributed by atoms with Crippen molar-refractivity contribution in [1.82, 2.24) is 0 Å². The highest BCUT2D eigenvalue weighted by atomic mass is 16.6. The van der Waals surface area contributed by atoms with E-state index in [0.29, 0.717) is 23.7 Å². The van der Waals surface area contributed by atoms with Crippen LogP contribution in [0.4, 0.5) is 0 Å². The molecule has 0 spiro atoms. The molecule has 7 rings (SSSR count). The second-order valence-corrected chi connectivity index (χ2v) is 11.0. The molecule has 0 radical (unpaired) electrons. The van der Waals surface area contributed by atoms with E-state index in [9.17, 15) is 9.59 Å². The van der Waals surface area contributed by atoms with Crippen LogP contribution in [0.3, 0.4) is 0 Å². The molecule has 4 aromatic carbocycles. The number of benzene rings is 4. The van der Waals surface area contributed by atoms with Gasteiger partial charge in [-0.25, -0.2) is 4.79 Å². The maximum atomic E-state index is 13.9. The van der Waals surface area contributed by atoms with Crippen molar-refractivity contribution in [1.29, 1.82) is 0 Å². The van der Waals surface area contributed by atoms with Crippen LogP contribution in [0.15, 0.2) is 91.5 Å². The van der Waals surface area contributed by atoms with E-state index in [1.807, 2.05) is 66.7 Å². The Morgan fingerprint density at radius 3 is 1.96 bits per heavy atom. The van der Waals surface area contributed by atoms with E-state index in [-0.39, 0.29) is 26.4 Å². The molecule has 0 N–H and O–H groups in total. The highest BCUT2D eigenvalue weighted by Crippen LogP contribution is 2.63. The van der Waals surface area contributed by atoms with Gasteiger partial charge in [0.1, 0.15) is 54.9 Å². The molecule has 0 aromatic heterocycles. The molecule has 0 amide bonds. The third-order valence-electron chi connectivity index (χ3n) is 8.94. The molecule has 3 unspecified atom stereocenters. The van der Waals surface area contributed by atoms with Gasteiger partial charge in [-0.2, -0.15) is 0 Å². The molecule has 0 fully saturated rings. The molecule has 0 aliphatic heterocycles. The van der Waals surface area contributed by atoms with E-state index >= 15 is 0 Å². The summed E-state index contributed by atoms with van der Waals surface area (Å²) in [5.41, 5.74) is 1.68. The van der Waals surface area contributed by atoms with Crippen molar-refractivity contribution in [3.63, 3.8) is 0 Å². The number of fused-ring (bicyclic) bond motifs is 2. The zero-order chi connectivity index (χ0) is 32.3. The molecule has 2 bridgehead atoms. The van der Waals surface area contributed by atoms with Crippen LogP contribution in [-0.4, -0.2) is 59.7 Å². The summed E-state index contributed by atoms with van der Waals surface area (Å²) in [6, 6.07) is 25.0. The number of hydrogen-bond acceptors (Lipinski definition) is 9. The first-order chi connectivity index (χ1) is 22.4. The third-order valence-corrected chi connectivity index (χ3v) is 8.94. The van der Waals surface area contributed by atoms with Crippen LogP contribution in [0.2, 0.25) is 0 Å². The Kier molecular flexibility index (Phi) is 8.71. The average molecular weight is 625 g/mol. The zero-order valence-corrected chi connectivity index (χ0v) is 26.1. The van der Waals surface area contributed by atoms with Gasteiger partial charge in [0, 0.05) is 37.5 Å². The molecule has 0 heterocycles. The standard InChI is InChI=1S/C37H36O9/c1-5-34(38)45-20-18-43-32-16-17-33(26-11-7-6-10-25(26)32)44-19-21-46-35(39)31-23-36(41-3)27-12-8-9-13-28(27)37(31,42-4)29-15-14-24(40-2)22-30(29)36/h5-17,22,31H,1,18-21,23H2,2-4H3. The quantitative estimate of drug-likeness (QED) is 0.106. The lowest BCUT2D eigenvalue weighted by Gasteiger charge is -2.56. The fourth-order valence-corrected chi connectivity index (χ4v) is 6.94. The normalized spacial score (nSPS) is 20.7. The lowest BCUT2D eigenvalue weighted by atomic mass is 9.54. The number of rotatable bonds is 13. The van der Waals surface area contributed by atoms with Crippen molar-refractivity contribution >= 4 is 22.7 Å². The predicted octanol–water partition coefficient (Wildman–Crippen LogP) is 5.69. The van der Waals surface area contributed by atoms with E-state index in [1.165, 1.54) is 0 Å². The Labute approximate surface area is 267 Å². The number of carbonyl (C=O) groups excluding carboxylic acids is 2. The molecule has 9 heteroatoms. The van der Waals surface area contributed by atoms with Crippen LogP contribution < -0.4 is 14.2 Å². The second-order valence-electron chi connectivity index (χ2n) is 11.0. The minimum absolute atomic E-state index is 0.0352. The Bertz CT molecular complexity index is 1780. The number of carbonyl (C=O) groups is 2. The van der Waals surface area contributed by atoms with Crippen molar-refractivity contribution < 1.29 is 42.7 Å². The molecule has 4 aromatic rings. The third kappa shape index (κ3) is 5.05. The number of hydrogen-bond donors (Lipinski definition) is 0. The van der Waals surface area contributed by atoms with Gasteiger partial charge in [0.25, 0.3) is 0 Å². The summed E-state index contributed by atoms with van der Waals surface area (Å²) in [7, 11) is 4.92. The van der Waals surface area contributed by atoms with Crippen molar-refractivity contribution in [2.75, 3.05) is 47.8 Å². The smallest absolute Gasteiger partial charge is 0.330 e. The summed E-state index contributed by atoms with van der Waals surface area (Å²) in [6.45, 7) is 3.85. The van der Waals surface area contributed by atoms with Crippen molar-refractivity contribution in [2.24, 2.45) is 5.92 Å². The monoisotopic (exact) mass is 624 g/mol. The topological polar surface area (TPSA) is 98.8 Å². The molecule has 46 heavy (non-hydrogen) atoms. The average Bonchev–Trinajstić information content (AvgIpc) is 3.11. The molecule has 0 saturated heterocycles. The van der Waals surface area contributed by atoms with Gasteiger partial charge >= 0.3 is 11.9 Å². The van der Waals surface area contributed by atoms with E-state index < -0.39 is 29.1 Å². The van der Waals surface area contributed by atoms with Gasteiger partial charge in [-0.15, -0.1) is 0 Å². The van der Waals surface area contributed by atoms with Crippen LogP contribution in [0, 0.1) is 5.92 Å². The molecule has 0 saturated carbocycles. The van der Waals surface area contributed by atoms with Crippen LogP contribution in [0.1, 0.15) is 28.7 Å². The van der Waals surface area contributed by atoms with Gasteiger partial charge in [0.2, 0.25) is 0 Å². The van der Waals surface area contributed by atoms with Gasteiger partial charge in [-0.05, 0) is 46.5 Å². The SMILES string of the molecule is C=CC(=O)OCCOc1ccc(OCCOC(=O)C2CC3(OC)c4ccccc4C2(OC)c2ccc(OC)cc23)c2ccccc12. The first-order valence-corrected chi connectivity index (χ1v) is 15.1. The molecule has 3 atom stereocenters. The van der Waals surface area contributed by atoms with E-state index in [0.717, 1.165) is 39.1 Å². The van der Waals surface area contributed by atoms with Crippen LogP contribution in [0.5, 0.6) is 17.2 Å². The van der Waals surface area contributed by atoms with Gasteiger partial charge in [0.15, 0.2) is 0 Å². The fraction of sp³-hybridized carbons (Fsp3) is 0.297. The van der Waals surface area contributed by atoms with E-state index in [1.54, 1.807) is 33.5 Å². The summed E-state index contributed by atoms with van der Waals surface area (Å²) in [5.74, 6) is 0.386. The molecule has 238 valence electrons. The zero-order valence-electron chi connectivity index (χ0n) is 26.1. The van der Waals surface area contributed by atoms with Gasteiger partial charge < -0.3 is 33.2 Å². The maximum Gasteiger partial charge on any atom is 0.330 e.